The van der Waals surface area contributed by atoms with Crippen LogP contribution in [-0.4, -0.2) is 55.2 Å². The van der Waals surface area contributed by atoms with Gasteiger partial charge in [0.15, 0.2) is 0 Å². The van der Waals surface area contributed by atoms with Gasteiger partial charge in [0.05, 0.1) is 5.75 Å². The van der Waals surface area contributed by atoms with Gasteiger partial charge in [-0.2, -0.15) is 11.8 Å². The minimum absolute atomic E-state index is 0.296. The summed E-state index contributed by atoms with van der Waals surface area (Å²) in [5.41, 5.74) is 0. The van der Waals surface area contributed by atoms with E-state index in [1.165, 1.54) is 12.8 Å². The van der Waals surface area contributed by atoms with Crippen molar-refractivity contribution in [3.63, 3.8) is 0 Å². The fourth-order valence-corrected chi connectivity index (χ4v) is 4.83. The summed E-state index contributed by atoms with van der Waals surface area (Å²) in [4.78, 5) is 0. The number of thioether (sulfide) groups is 1. The molecule has 1 aliphatic carbocycles. The van der Waals surface area contributed by atoms with Gasteiger partial charge in [-0.1, -0.05) is 6.92 Å². The summed E-state index contributed by atoms with van der Waals surface area (Å²) in [6, 6.07) is 0.670. The molecule has 1 N–H and O–H groups in total. The Morgan fingerprint density at radius 2 is 2.18 bits per heavy atom. The first-order chi connectivity index (χ1) is 8.08. The van der Waals surface area contributed by atoms with Crippen molar-refractivity contribution < 1.29 is 8.42 Å². The first-order valence-electron chi connectivity index (χ1n) is 6.41. The summed E-state index contributed by atoms with van der Waals surface area (Å²) in [6.45, 7) is 4.31. The highest BCUT2D eigenvalue weighted by Crippen LogP contribution is 2.21. The second-order valence-electron chi connectivity index (χ2n) is 4.94. The fourth-order valence-electron chi connectivity index (χ4n) is 2.02. The standard InChI is InChI=1S/C11H22N2O2S2/c1-10-9-13(6-7-16-10)17(14,15)8-2-5-12-11-3-4-11/h10-12H,2-9H2,1H3. The molecule has 1 atom stereocenters. The van der Waals surface area contributed by atoms with Crippen molar-refractivity contribution in [1.82, 2.24) is 9.62 Å². The van der Waals surface area contributed by atoms with E-state index in [4.69, 9.17) is 0 Å². The lowest BCUT2D eigenvalue weighted by Crippen LogP contribution is -2.42. The van der Waals surface area contributed by atoms with E-state index in [-0.39, 0.29) is 0 Å². The fraction of sp³-hybridized carbons (Fsp3) is 1.00. The topological polar surface area (TPSA) is 49.4 Å². The minimum atomic E-state index is -3.01. The van der Waals surface area contributed by atoms with Crippen LogP contribution in [0.1, 0.15) is 26.2 Å². The summed E-state index contributed by atoms with van der Waals surface area (Å²) in [5.74, 6) is 1.23. The molecular weight excluding hydrogens is 256 g/mol. The van der Waals surface area contributed by atoms with Crippen LogP contribution in [-0.2, 0) is 10.0 Å². The van der Waals surface area contributed by atoms with E-state index in [0.717, 1.165) is 18.7 Å². The van der Waals surface area contributed by atoms with Gasteiger partial charge in [0.25, 0.3) is 0 Å². The summed E-state index contributed by atoms with van der Waals surface area (Å²) >= 11 is 1.86. The predicted molar refractivity (Wildman–Crippen MR) is 72.9 cm³/mol. The van der Waals surface area contributed by atoms with Crippen molar-refractivity contribution in [2.24, 2.45) is 0 Å². The van der Waals surface area contributed by atoms with Gasteiger partial charge in [0.2, 0.25) is 10.0 Å². The summed E-state index contributed by atoms with van der Waals surface area (Å²) in [7, 11) is -3.01. The van der Waals surface area contributed by atoms with E-state index in [1.807, 2.05) is 11.8 Å². The maximum atomic E-state index is 12.1. The highest BCUT2D eigenvalue weighted by Gasteiger charge is 2.27. The molecule has 4 nitrogen and oxygen atoms in total. The van der Waals surface area contributed by atoms with Gasteiger partial charge in [0, 0.05) is 30.1 Å². The Labute approximate surface area is 109 Å². The quantitative estimate of drug-likeness (QED) is 0.733. The first-order valence-corrected chi connectivity index (χ1v) is 9.06. The van der Waals surface area contributed by atoms with E-state index in [1.54, 1.807) is 4.31 Å². The van der Waals surface area contributed by atoms with Gasteiger partial charge in [-0.3, -0.25) is 0 Å². The minimum Gasteiger partial charge on any atom is -0.314 e. The first kappa shape index (κ1) is 13.6. The normalized spacial score (nSPS) is 27.2. The number of nitrogens with zero attached hydrogens (tertiary/aromatic N) is 1. The molecule has 1 saturated heterocycles. The molecule has 0 aromatic rings. The van der Waals surface area contributed by atoms with Crippen LogP contribution in [0.5, 0.6) is 0 Å². The number of hydrogen-bond donors (Lipinski definition) is 1. The zero-order valence-electron chi connectivity index (χ0n) is 10.4. The molecule has 100 valence electrons. The highest BCUT2D eigenvalue weighted by atomic mass is 32.2. The number of hydrogen-bond acceptors (Lipinski definition) is 4. The van der Waals surface area contributed by atoms with Crippen molar-refractivity contribution in [3.8, 4) is 0 Å². The van der Waals surface area contributed by atoms with Crippen molar-refractivity contribution in [3.05, 3.63) is 0 Å². The lowest BCUT2D eigenvalue weighted by Gasteiger charge is -2.29. The van der Waals surface area contributed by atoms with Crippen LogP contribution < -0.4 is 5.32 Å². The van der Waals surface area contributed by atoms with Crippen LogP contribution in [0.3, 0.4) is 0 Å². The van der Waals surface area contributed by atoms with Crippen LogP contribution in [0.2, 0.25) is 0 Å². The van der Waals surface area contributed by atoms with E-state index in [2.05, 4.69) is 12.2 Å². The van der Waals surface area contributed by atoms with E-state index < -0.39 is 10.0 Å². The second-order valence-corrected chi connectivity index (χ2v) is 8.57. The molecule has 1 aliphatic heterocycles. The third-order valence-electron chi connectivity index (χ3n) is 3.19. The molecule has 0 aromatic heterocycles. The molecule has 2 aliphatic rings. The Bertz CT molecular complexity index is 341. The Morgan fingerprint density at radius 1 is 1.41 bits per heavy atom. The summed E-state index contributed by atoms with van der Waals surface area (Å²) in [5, 5.41) is 3.79. The highest BCUT2D eigenvalue weighted by molar-refractivity contribution is 8.00. The van der Waals surface area contributed by atoms with E-state index in [0.29, 0.717) is 30.1 Å². The molecule has 0 aromatic carbocycles. The zero-order chi connectivity index (χ0) is 12.3. The maximum Gasteiger partial charge on any atom is 0.214 e. The summed E-state index contributed by atoms with van der Waals surface area (Å²) < 4.78 is 25.8. The van der Waals surface area contributed by atoms with Gasteiger partial charge in [-0.25, -0.2) is 12.7 Å². The third-order valence-corrected chi connectivity index (χ3v) is 6.25. The van der Waals surface area contributed by atoms with Crippen LogP contribution in [0, 0.1) is 0 Å². The average molecular weight is 278 g/mol. The lowest BCUT2D eigenvalue weighted by atomic mass is 10.4. The van der Waals surface area contributed by atoms with Crippen LogP contribution in [0.4, 0.5) is 0 Å². The molecule has 0 spiro atoms. The molecule has 1 heterocycles. The SMILES string of the molecule is CC1CN(S(=O)(=O)CCCNC2CC2)CCS1. The molecular formula is C11H22N2O2S2. The van der Waals surface area contributed by atoms with Crippen molar-refractivity contribution >= 4 is 21.8 Å². The Kier molecular flexibility index (Phi) is 4.74. The maximum absolute atomic E-state index is 12.1. The predicted octanol–water partition coefficient (Wildman–Crippen LogP) is 0.896. The molecule has 6 heteroatoms. The monoisotopic (exact) mass is 278 g/mol. The zero-order valence-corrected chi connectivity index (χ0v) is 12.0. The summed E-state index contributed by atoms with van der Waals surface area (Å²) in [6.07, 6.45) is 3.25. The average Bonchev–Trinajstić information content (AvgIpc) is 3.08. The van der Waals surface area contributed by atoms with Gasteiger partial charge >= 0.3 is 0 Å². The van der Waals surface area contributed by atoms with Gasteiger partial charge in [0.1, 0.15) is 0 Å². The number of rotatable bonds is 6. The van der Waals surface area contributed by atoms with Crippen LogP contribution in [0.25, 0.3) is 0 Å². The molecule has 0 bridgehead atoms. The Balaban J connectivity index is 1.72. The third kappa shape index (κ3) is 4.43. The lowest BCUT2D eigenvalue weighted by molar-refractivity contribution is 0.423. The van der Waals surface area contributed by atoms with Crippen LogP contribution in [0.15, 0.2) is 0 Å². The molecule has 2 fully saturated rings. The van der Waals surface area contributed by atoms with Crippen molar-refractivity contribution in [1.29, 1.82) is 0 Å². The Morgan fingerprint density at radius 3 is 2.82 bits per heavy atom. The van der Waals surface area contributed by atoms with E-state index in [9.17, 15) is 8.42 Å². The smallest absolute Gasteiger partial charge is 0.214 e. The molecule has 0 amide bonds. The number of sulfonamides is 1. The molecule has 1 unspecified atom stereocenters. The molecule has 2 rings (SSSR count). The number of nitrogens with one attached hydrogen (secondary N) is 1. The molecule has 17 heavy (non-hydrogen) atoms. The van der Waals surface area contributed by atoms with E-state index >= 15 is 0 Å². The molecule has 0 radical (unpaired) electrons. The Hall–Kier alpha value is 0.220. The largest absolute Gasteiger partial charge is 0.314 e. The second kappa shape index (κ2) is 5.91. The van der Waals surface area contributed by atoms with Gasteiger partial charge < -0.3 is 5.32 Å². The van der Waals surface area contributed by atoms with Crippen molar-refractivity contribution in [2.45, 2.75) is 37.5 Å². The van der Waals surface area contributed by atoms with Crippen molar-refractivity contribution in [2.75, 3.05) is 31.1 Å². The van der Waals surface area contributed by atoms with Gasteiger partial charge in [-0.05, 0) is 25.8 Å². The molecule has 1 saturated carbocycles. The van der Waals surface area contributed by atoms with Crippen LogP contribution >= 0.6 is 11.8 Å². The van der Waals surface area contributed by atoms with Gasteiger partial charge in [-0.15, -0.1) is 0 Å².